The van der Waals surface area contributed by atoms with Crippen molar-refractivity contribution in [3.05, 3.63) is 35.1 Å². The zero-order chi connectivity index (χ0) is 14.1. The minimum atomic E-state index is -4.81. The van der Waals surface area contributed by atoms with Crippen LogP contribution < -0.4 is 0 Å². The predicted molar refractivity (Wildman–Crippen MR) is 58.6 cm³/mol. The number of halogens is 4. The van der Waals surface area contributed by atoms with E-state index in [1.54, 1.807) is 13.8 Å². The Bertz CT molecular complexity index is 454. The molecule has 0 aliphatic carbocycles. The Balaban J connectivity index is 3.17. The second kappa shape index (κ2) is 4.96. The molecule has 0 bridgehead atoms. The first-order chi connectivity index (χ1) is 8.14. The Labute approximate surface area is 102 Å². The predicted octanol–water partition coefficient (Wildman–Crippen LogP) is 3.32. The molecular weight excluding hydrogens is 250 g/mol. The van der Waals surface area contributed by atoms with E-state index in [1.807, 2.05) is 0 Å². The van der Waals surface area contributed by atoms with Crippen LogP contribution in [0.1, 0.15) is 29.8 Å². The minimum absolute atomic E-state index is 0.156. The fraction of sp³-hybridized carbons (Fsp3) is 0.417. The molecule has 0 saturated carbocycles. The average molecular weight is 263 g/mol. The molecule has 1 rings (SSSR count). The van der Waals surface area contributed by atoms with Gasteiger partial charge in [0, 0.05) is 18.7 Å². The Morgan fingerprint density at radius 1 is 1.28 bits per heavy atom. The van der Waals surface area contributed by atoms with Gasteiger partial charge >= 0.3 is 6.18 Å². The summed E-state index contributed by atoms with van der Waals surface area (Å²) >= 11 is 0. The molecule has 100 valence electrons. The van der Waals surface area contributed by atoms with Gasteiger partial charge in [-0.05, 0) is 32.0 Å². The smallest absolute Gasteiger partial charge is 0.339 e. The van der Waals surface area contributed by atoms with Crippen molar-refractivity contribution in [2.24, 2.45) is 0 Å². The summed E-state index contributed by atoms with van der Waals surface area (Å²) < 4.78 is 50.5. The molecule has 0 aliphatic rings. The molecule has 0 spiro atoms. The van der Waals surface area contributed by atoms with E-state index in [1.165, 1.54) is 11.9 Å². The number of carbonyl (C=O) groups is 1. The third-order valence-corrected chi connectivity index (χ3v) is 2.61. The first kappa shape index (κ1) is 14.5. The topological polar surface area (TPSA) is 20.3 Å². The number of nitrogens with zero attached hydrogens (tertiary/aromatic N) is 1. The normalized spacial score (nSPS) is 11.8. The molecule has 6 heteroatoms. The van der Waals surface area contributed by atoms with Gasteiger partial charge in [-0.3, -0.25) is 4.79 Å². The summed E-state index contributed by atoms with van der Waals surface area (Å²) in [6.45, 7) is 3.46. The van der Waals surface area contributed by atoms with E-state index in [4.69, 9.17) is 0 Å². The summed E-state index contributed by atoms with van der Waals surface area (Å²) in [6.07, 6.45) is -4.81. The van der Waals surface area contributed by atoms with Crippen LogP contribution in [0.4, 0.5) is 17.6 Å². The van der Waals surface area contributed by atoms with Gasteiger partial charge in [0.15, 0.2) is 0 Å². The van der Waals surface area contributed by atoms with Gasteiger partial charge in [0.1, 0.15) is 5.82 Å². The molecule has 1 amide bonds. The molecule has 0 atom stereocenters. The van der Waals surface area contributed by atoms with E-state index in [-0.39, 0.29) is 11.6 Å². The van der Waals surface area contributed by atoms with Gasteiger partial charge in [-0.15, -0.1) is 0 Å². The van der Waals surface area contributed by atoms with Gasteiger partial charge in [-0.25, -0.2) is 4.39 Å². The van der Waals surface area contributed by atoms with Crippen molar-refractivity contribution in [3.63, 3.8) is 0 Å². The van der Waals surface area contributed by atoms with Crippen LogP contribution in [0.5, 0.6) is 0 Å². The highest BCUT2D eigenvalue weighted by molar-refractivity contribution is 5.94. The Kier molecular flexibility index (Phi) is 3.98. The maximum atomic E-state index is 13.0. The van der Waals surface area contributed by atoms with Crippen LogP contribution in [0, 0.1) is 5.82 Å². The molecule has 2 nitrogen and oxygen atoms in total. The highest BCUT2D eigenvalue weighted by Gasteiger charge is 2.35. The van der Waals surface area contributed by atoms with Gasteiger partial charge in [-0.1, -0.05) is 0 Å². The van der Waals surface area contributed by atoms with Crippen LogP contribution in [-0.2, 0) is 6.18 Å². The number of amides is 1. The lowest BCUT2D eigenvalue weighted by atomic mass is 10.1. The summed E-state index contributed by atoms with van der Waals surface area (Å²) in [6, 6.07) is 2.09. The van der Waals surface area contributed by atoms with Gasteiger partial charge in [0.05, 0.1) is 5.56 Å². The molecule has 0 aliphatic heterocycles. The molecule has 18 heavy (non-hydrogen) atoms. The quantitative estimate of drug-likeness (QED) is 0.749. The fourth-order valence-electron chi connectivity index (χ4n) is 1.31. The van der Waals surface area contributed by atoms with Crippen LogP contribution in [0.15, 0.2) is 18.2 Å². The molecule has 0 unspecified atom stereocenters. The third-order valence-electron chi connectivity index (χ3n) is 2.61. The number of benzene rings is 1. The van der Waals surface area contributed by atoms with E-state index in [9.17, 15) is 22.4 Å². The molecule has 0 N–H and O–H groups in total. The lowest BCUT2D eigenvalue weighted by molar-refractivity contribution is -0.140. The van der Waals surface area contributed by atoms with Gasteiger partial charge in [-0.2, -0.15) is 13.2 Å². The standard InChI is InChI=1S/C12H13F4NO/c1-7(2)17(3)11(18)8-4-5-10(13)9(6-8)12(14,15)16/h4-7H,1-3H3. The Morgan fingerprint density at radius 3 is 2.28 bits per heavy atom. The lowest BCUT2D eigenvalue weighted by Gasteiger charge is -2.22. The Morgan fingerprint density at radius 2 is 1.83 bits per heavy atom. The molecule has 0 radical (unpaired) electrons. The monoisotopic (exact) mass is 263 g/mol. The van der Waals surface area contributed by atoms with Crippen molar-refractivity contribution in [1.29, 1.82) is 0 Å². The summed E-state index contributed by atoms with van der Waals surface area (Å²) in [5, 5.41) is 0. The SMILES string of the molecule is CC(C)N(C)C(=O)c1ccc(F)c(C(F)(F)F)c1. The first-order valence-electron chi connectivity index (χ1n) is 5.28. The highest BCUT2D eigenvalue weighted by atomic mass is 19.4. The Hall–Kier alpha value is -1.59. The minimum Gasteiger partial charge on any atom is -0.339 e. The summed E-state index contributed by atoms with van der Waals surface area (Å²) in [4.78, 5) is 13.1. The largest absolute Gasteiger partial charge is 0.419 e. The van der Waals surface area contributed by atoms with Crippen LogP contribution in [0.3, 0.4) is 0 Å². The summed E-state index contributed by atoms with van der Waals surface area (Å²) in [5.41, 5.74) is -1.61. The second-order valence-electron chi connectivity index (χ2n) is 4.20. The van der Waals surface area contributed by atoms with Crippen molar-refractivity contribution >= 4 is 5.91 Å². The fourth-order valence-corrected chi connectivity index (χ4v) is 1.31. The van der Waals surface area contributed by atoms with E-state index in [2.05, 4.69) is 0 Å². The highest BCUT2D eigenvalue weighted by Crippen LogP contribution is 2.32. The molecule has 0 heterocycles. The summed E-state index contributed by atoms with van der Waals surface area (Å²) in [7, 11) is 1.48. The van der Waals surface area contributed by atoms with Crippen LogP contribution in [-0.4, -0.2) is 23.9 Å². The van der Waals surface area contributed by atoms with Gasteiger partial charge in [0.25, 0.3) is 5.91 Å². The number of hydrogen-bond acceptors (Lipinski definition) is 1. The second-order valence-corrected chi connectivity index (χ2v) is 4.20. The number of carbonyl (C=O) groups excluding carboxylic acids is 1. The maximum Gasteiger partial charge on any atom is 0.419 e. The maximum absolute atomic E-state index is 13.0. The summed E-state index contributed by atoms with van der Waals surface area (Å²) in [5.74, 6) is -1.96. The molecular formula is C12H13F4NO. The van der Waals surface area contributed by atoms with E-state index in [0.29, 0.717) is 12.1 Å². The third kappa shape index (κ3) is 3.00. The van der Waals surface area contributed by atoms with Crippen LogP contribution in [0.2, 0.25) is 0 Å². The van der Waals surface area contributed by atoms with Crippen molar-refractivity contribution in [1.82, 2.24) is 4.90 Å². The first-order valence-corrected chi connectivity index (χ1v) is 5.28. The van der Waals surface area contributed by atoms with E-state index < -0.39 is 23.5 Å². The number of hydrogen-bond donors (Lipinski definition) is 0. The molecule has 0 saturated heterocycles. The van der Waals surface area contributed by atoms with Gasteiger partial charge in [0.2, 0.25) is 0 Å². The number of rotatable bonds is 2. The van der Waals surface area contributed by atoms with Crippen molar-refractivity contribution in [3.8, 4) is 0 Å². The zero-order valence-corrected chi connectivity index (χ0v) is 10.2. The number of alkyl halides is 3. The molecule has 1 aromatic rings. The van der Waals surface area contributed by atoms with Crippen LogP contribution in [0.25, 0.3) is 0 Å². The van der Waals surface area contributed by atoms with E-state index in [0.717, 1.165) is 6.07 Å². The molecule has 0 fully saturated rings. The van der Waals surface area contributed by atoms with Gasteiger partial charge < -0.3 is 4.90 Å². The van der Waals surface area contributed by atoms with Crippen molar-refractivity contribution in [2.75, 3.05) is 7.05 Å². The van der Waals surface area contributed by atoms with Crippen LogP contribution >= 0.6 is 0 Å². The zero-order valence-electron chi connectivity index (χ0n) is 10.2. The van der Waals surface area contributed by atoms with Crippen molar-refractivity contribution in [2.45, 2.75) is 26.1 Å². The lowest BCUT2D eigenvalue weighted by Crippen LogP contribution is -2.33. The molecule has 0 aromatic heterocycles. The molecule has 1 aromatic carbocycles. The van der Waals surface area contributed by atoms with Crippen molar-refractivity contribution < 1.29 is 22.4 Å². The average Bonchev–Trinajstić information content (AvgIpc) is 2.26. The van der Waals surface area contributed by atoms with E-state index >= 15 is 0 Å².